The third-order valence-electron chi connectivity index (χ3n) is 7.51. The van der Waals surface area contributed by atoms with E-state index in [2.05, 4.69) is 121 Å². The van der Waals surface area contributed by atoms with E-state index in [1.807, 2.05) is 18.2 Å². The van der Waals surface area contributed by atoms with Gasteiger partial charge in [-0.15, -0.1) is 11.3 Å². The molecule has 8 rings (SSSR count). The minimum Gasteiger partial charge on any atom is -0.235 e. The quantitative estimate of drug-likeness (QED) is 0.208. The summed E-state index contributed by atoms with van der Waals surface area (Å²) in [6.45, 7) is 0. The van der Waals surface area contributed by atoms with Crippen molar-refractivity contribution in [1.29, 1.82) is 0 Å². The Balaban J connectivity index is 1.46. The van der Waals surface area contributed by atoms with Gasteiger partial charge in [0.05, 0.1) is 21.6 Å². The van der Waals surface area contributed by atoms with Crippen LogP contribution < -0.4 is 0 Å². The molecule has 0 aliphatic carbocycles. The zero-order chi connectivity index (χ0) is 27.2. The van der Waals surface area contributed by atoms with Gasteiger partial charge in [0.2, 0.25) is 0 Å². The molecule has 0 aliphatic heterocycles. The highest BCUT2D eigenvalue weighted by atomic mass is 32.1. The molecular formula is C37H23N3S. The van der Waals surface area contributed by atoms with Crippen LogP contribution in [-0.4, -0.2) is 15.0 Å². The van der Waals surface area contributed by atoms with Crippen LogP contribution in [-0.2, 0) is 0 Å². The second-order valence-corrected chi connectivity index (χ2v) is 11.1. The molecule has 0 atom stereocenters. The molecule has 2 heterocycles. The molecule has 8 aromatic rings. The average Bonchev–Trinajstić information content (AvgIpc) is 3.49. The Bertz CT molecular complexity index is 2130. The molecule has 0 bridgehead atoms. The highest BCUT2D eigenvalue weighted by Gasteiger charge is 2.19. The Morgan fingerprint density at radius 2 is 1.05 bits per heavy atom. The van der Waals surface area contributed by atoms with Crippen molar-refractivity contribution in [3.8, 4) is 44.5 Å². The van der Waals surface area contributed by atoms with Gasteiger partial charge in [-0.05, 0) is 28.3 Å². The number of benzene rings is 6. The maximum Gasteiger partial charge on any atom is 0.161 e. The van der Waals surface area contributed by atoms with Crippen molar-refractivity contribution < 1.29 is 0 Å². The molecule has 0 fully saturated rings. The lowest BCUT2D eigenvalue weighted by Crippen LogP contribution is -1.97. The average molecular weight is 542 g/mol. The van der Waals surface area contributed by atoms with Crippen LogP contribution in [0.2, 0.25) is 0 Å². The predicted octanol–water partition coefficient (Wildman–Crippen LogP) is 10.1. The van der Waals surface area contributed by atoms with Crippen LogP contribution in [0.25, 0.3) is 76.2 Å². The largest absolute Gasteiger partial charge is 0.235 e. The lowest BCUT2D eigenvalue weighted by molar-refractivity contribution is 1.19. The van der Waals surface area contributed by atoms with Crippen molar-refractivity contribution in [2.75, 3.05) is 0 Å². The van der Waals surface area contributed by atoms with Gasteiger partial charge >= 0.3 is 0 Å². The minimum atomic E-state index is 0.710. The van der Waals surface area contributed by atoms with Crippen molar-refractivity contribution >= 4 is 43.1 Å². The summed E-state index contributed by atoms with van der Waals surface area (Å²) in [6.07, 6.45) is 0. The molecule has 0 saturated carbocycles. The summed E-state index contributed by atoms with van der Waals surface area (Å²) in [4.78, 5) is 15.6. The molecule has 2 aromatic heterocycles. The second-order valence-electron chi connectivity index (χ2n) is 10.1. The zero-order valence-corrected chi connectivity index (χ0v) is 22.8. The Kier molecular flexibility index (Phi) is 5.64. The Hall–Kier alpha value is -5.19. The van der Waals surface area contributed by atoms with Gasteiger partial charge in [0.1, 0.15) is 5.01 Å². The standard InChI is InChI=1S/C37H23N3S/c1-4-13-25(14-5-1)31-23-32(26-15-6-2-7-16-26)39-36(38-31)30-22-33-35(40-37(41-33)27-17-8-3-9-18-27)34-28-19-11-10-12-24(28)20-21-29(30)34/h1-23H. The molecule has 6 aromatic carbocycles. The fraction of sp³-hybridized carbons (Fsp3) is 0. The van der Waals surface area contributed by atoms with Gasteiger partial charge in [-0.1, -0.05) is 127 Å². The molecular weight excluding hydrogens is 518 g/mol. The van der Waals surface area contributed by atoms with Crippen LogP contribution in [0.5, 0.6) is 0 Å². The van der Waals surface area contributed by atoms with Crippen molar-refractivity contribution in [3.05, 3.63) is 140 Å². The third-order valence-corrected chi connectivity index (χ3v) is 8.56. The van der Waals surface area contributed by atoms with Crippen LogP contribution in [0, 0.1) is 0 Å². The first kappa shape index (κ1) is 23.7. The summed E-state index contributed by atoms with van der Waals surface area (Å²) in [5.74, 6) is 0.710. The summed E-state index contributed by atoms with van der Waals surface area (Å²) in [5, 5.41) is 5.63. The smallest absolute Gasteiger partial charge is 0.161 e. The predicted molar refractivity (Wildman–Crippen MR) is 172 cm³/mol. The van der Waals surface area contributed by atoms with E-state index < -0.39 is 0 Å². The van der Waals surface area contributed by atoms with Gasteiger partial charge in [-0.3, -0.25) is 0 Å². The van der Waals surface area contributed by atoms with E-state index >= 15 is 0 Å². The molecule has 0 saturated heterocycles. The number of thiazole rings is 1. The molecule has 0 N–H and O–H groups in total. The van der Waals surface area contributed by atoms with E-state index in [4.69, 9.17) is 15.0 Å². The maximum atomic E-state index is 5.20. The van der Waals surface area contributed by atoms with E-state index in [0.717, 1.165) is 59.6 Å². The third kappa shape index (κ3) is 4.17. The molecule has 4 heteroatoms. The zero-order valence-electron chi connectivity index (χ0n) is 22.0. The van der Waals surface area contributed by atoms with Crippen LogP contribution in [0.3, 0.4) is 0 Å². The van der Waals surface area contributed by atoms with Crippen molar-refractivity contribution in [1.82, 2.24) is 15.0 Å². The van der Waals surface area contributed by atoms with E-state index in [9.17, 15) is 0 Å². The maximum absolute atomic E-state index is 5.20. The number of hydrogen-bond donors (Lipinski definition) is 0. The molecule has 0 spiro atoms. The molecule has 0 aliphatic rings. The van der Waals surface area contributed by atoms with E-state index in [1.165, 1.54) is 10.8 Å². The lowest BCUT2D eigenvalue weighted by Gasteiger charge is -2.13. The Morgan fingerprint density at radius 3 is 1.71 bits per heavy atom. The summed E-state index contributed by atoms with van der Waals surface area (Å²) in [5.41, 5.74) is 7.08. The minimum absolute atomic E-state index is 0.710. The highest BCUT2D eigenvalue weighted by Crippen LogP contribution is 2.42. The Labute approximate surface area is 241 Å². The van der Waals surface area contributed by atoms with Crippen LogP contribution >= 0.6 is 11.3 Å². The fourth-order valence-electron chi connectivity index (χ4n) is 5.54. The van der Waals surface area contributed by atoms with Gasteiger partial charge in [0, 0.05) is 27.6 Å². The number of rotatable bonds is 4. The van der Waals surface area contributed by atoms with Gasteiger partial charge in [-0.2, -0.15) is 0 Å². The van der Waals surface area contributed by atoms with Crippen LogP contribution in [0.15, 0.2) is 140 Å². The number of aromatic nitrogens is 3. The second kappa shape index (κ2) is 9.77. The fourth-order valence-corrected chi connectivity index (χ4v) is 6.56. The highest BCUT2D eigenvalue weighted by molar-refractivity contribution is 7.21. The van der Waals surface area contributed by atoms with Gasteiger partial charge in [-0.25, -0.2) is 15.0 Å². The molecule has 0 unspecified atom stereocenters. The summed E-state index contributed by atoms with van der Waals surface area (Å²) < 4.78 is 1.12. The monoisotopic (exact) mass is 541 g/mol. The lowest BCUT2D eigenvalue weighted by atomic mass is 9.96. The van der Waals surface area contributed by atoms with E-state index in [0.29, 0.717) is 5.82 Å². The first-order chi connectivity index (χ1) is 20.3. The van der Waals surface area contributed by atoms with Gasteiger partial charge in [0.25, 0.3) is 0 Å². The normalized spacial score (nSPS) is 11.4. The molecule has 3 nitrogen and oxygen atoms in total. The topological polar surface area (TPSA) is 38.7 Å². The van der Waals surface area contributed by atoms with Gasteiger partial charge in [0.15, 0.2) is 5.82 Å². The van der Waals surface area contributed by atoms with Crippen molar-refractivity contribution in [3.63, 3.8) is 0 Å². The number of fused-ring (bicyclic) bond motifs is 5. The van der Waals surface area contributed by atoms with Gasteiger partial charge < -0.3 is 0 Å². The van der Waals surface area contributed by atoms with E-state index in [-0.39, 0.29) is 0 Å². The first-order valence-electron chi connectivity index (χ1n) is 13.6. The molecule has 0 radical (unpaired) electrons. The molecule has 192 valence electrons. The number of hydrogen-bond acceptors (Lipinski definition) is 4. The summed E-state index contributed by atoms with van der Waals surface area (Å²) >= 11 is 1.72. The first-order valence-corrected chi connectivity index (χ1v) is 14.4. The molecule has 0 amide bonds. The van der Waals surface area contributed by atoms with E-state index in [1.54, 1.807) is 11.3 Å². The number of nitrogens with zero attached hydrogens (tertiary/aromatic N) is 3. The summed E-state index contributed by atoms with van der Waals surface area (Å²) in [7, 11) is 0. The van der Waals surface area contributed by atoms with Crippen LogP contribution in [0.4, 0.5) is 0 Å². The Morgan fingerprint density at radius 1 is 0.463 bits per heavy atom. The van der Waals surface area contributed by atoms with Crippen molar-refractivity contribution in [2.45, 2.75) is 0 Å². The molecule has 41 heavy (non-hydrogen) atoms. The SMILES string of the molecule is c1ccc(-c2cc(-c3ccccc3)nc(-c3cc4sc(-c5ccccc5)nc4c4c3ccc3ccccc34)n2)cc1. The van der Waals surface area contributed by atoms with Crippen molar-refractivity contribution in [2.24, 2.45) is 0 Å². The van der Waals surface area contributed by atoms with Crippen LogP contribution in [0.1, 0.15) is 0 Å². The summed E-state index contributed by atoms with van der Waals surface area (Å²) in [6, 6.07) is 48.4.